The van der Waals surface area contributed by atoms with Gasteiger partial charge >= 0.3 is 0 Å². The van der Waals surface area contributed by atoms with Crippen molar-refractivity contribution in [1.82, 2.24) is 0 Å². The fourth-order valence-corrected chi connectivity index (χ4v) is 0.391. The van der Waals surface area contributed by atoms with Gasteiger partial charge in [-0.15, -0.1) is 0 Å². The highest BCUT2D eigenvalue weighted by Crippen LogP contribution is 2.21. The molecule has 0 saturated heterocycles. The first-order valence-corrected chi connectivity index (χ1v) is 4.34. The molecule has 0 aromatic carbocycles. The molecule has 1 radical (unpaired) electrons. The van der Waals surface area contributed by atoms with Gasteiger partial charge in [0.2, 0.25) is 0 Å². The summed E-state index contributed by atoms with van der Waals surface area (Å²) >= 11 is 4.36. The molecule has 0 fully saturated rings. The second-order valence-corrected chi connectivity index (χ2v) is 6.16. The van der Waals surface area contributed by atoms with E-state index in [1.807, 2.05) is 6.92 Å². The summed E-state index contributed by atoms with van der Waals surface area (Å²) in [5, 5.41) is 0. The molecule has 0 aromatic heterocycles. The highest BCUT2D eigenvalue weighted by atomic mass is 127. The monoisotopic (exact) mass is 327 g/mol. The zero-order valence-electron chi connectivity index (χ0n) is 3.92. The molecule has 0 bridgehead atoms. The van der Waals surface area contributed by atoms with Crippen LogP contribution >= 0.6 is 45.2 Å². The highest BCUT2D eigenvalue weighted by molar-refractivity contribution is 14.2. The Morgan fingerprint density at radius 1 is 1.71 bits per heavy atom. The molecule has 0 heterocycles. The average molecular weight is 327 g/mol. The molecule has 0 saturated carbocycles. The van der Waals surface area contributed by atoms with Gasteiger partial charge in [-0.1, -0.05) is 52.1 Å². The first kappa shape index (κ1) is 8.39. The molecule has 0 aliphatic heterocycles. The van der Waals surface area contributed by atoms with Crippen LogP contribution in [0, 0.1) is 5.92 Å². The van der Waals surface area contributed by atoms with Gasteiger partial charge in [0.05, 0.1) is 8.61 Å². The minimum absolute atomic E-state index is 0.281. The van der Waals surface area contributed by atoms with E-state index < -0.39 is 0 Å². The van der Waals surface area contributed by atoms with Gasteiger partial charge < -0.3 is 0 Å². The molecule has 0 atom stereocenters. The first-order chi connectivity index (χ1) is 3.18. The third-order valence-corrected chi connectivity index (χ3v) is 2.71. The number of rotatable bonds is 2. The van der Waals surface area contributed by atoms with E-state index in [1.165, 1.54) is 0 Å². The van der Waals surface area contributed by atoms with Gasteiger partial charge in [-0.3, -0.25) is 4.39 Å². The van der Waals surface area contributed by atoms with E-state index in [9.17, 15) is 4.39 Å². The number of halogens is 3. The highest BCUT2D eigenvalue weighted by Gasteiger charge is 2.08. The Hall–Kier alpha value is 1.39. The van der Waals surface area contributed by atoms with Crippen LogP contribution in [0.15, 0.2) is 0 Å². The third-order valence-electron chi connectivity index (χ3n) is 0.583. The van der Waals surface area contributed by atoms with E-state index in [0.29, 0.717) is 1.93 Å². The summed E-state index contributed by atoms with van der Waals surface area (Å²) in [6, 6.07) is 0. The Kier molecular flexibility index (Phi) is 5.14. The molecule has 0 spiro atoms. The quantitative estimate of drug-likeness (QED) is 0.541. The van der Waals surface area contributed by atoms with Crippen LogP contribution in [-0.2, 0) is 0 Å². The minimum atomic E-state index is -0.281. The first-order valence-electron chi connectivity index (χ1n) is 1.85. The molecule has 0 N–H and O–H groups in total. The van der Waals surface area contributed by atoms with Crippen molar-refractivity contribution in [2.45, 2.75) is 8.86 Å². The average Bonchev–Trinajstić information content (AvgIpc) is 1.65. The van der Waals surface area contributed by atoms with Crippen LogP contribution in [0.5, 0.6) is 0 Å². The van der Waals surface area contributed by atoms with Crippen molar-refractivity contribution in [3.8, 4) is 0 Å². The van der Waals surface area contributed by atoms with Crippen molar-refractivity contribution < 1.29 is 4.39 Å². The summed E-state index contributed by atoms with van der Waals surface area (Å²) in [7, 11) is 0. The maximum absolute atomic E-state index is 11.6. The van der Waals surface area contributed by atoms with E-state index in [0.717, 1.165) is 5.92 Å². The summed E-state index contributed by atoms with van der Waals surface area (Å²) in [5.41, 5.74) is 0. The fourth-order valence-electron chi connectivity index (χ4n) is 0.0583. The second-order valence-electron chi connectivity index (χ2n) is 1.28. The normalized spacial score (nSPS) is 11.1. The van der Waals surface area contributed by atoms with Crippen LogP contribution in [0.4, 0.5) is 4.39 Å². The topological polar surface area (TPSA) is 0 Å². The lowest BCUT2D eigenvalue weighted by Crippen LogP contribution is -2.00. The largest absolute Gasteiger partial charge is 0.250 e. The van der Waals surface area contributed by atoms with Gasteiger partial charge in [0.1, 0.15) is 0 Å². The number of alkyl halides is 3. The van der Waals surface area contributed by atoms with E-state index >= 15 is 0 Å². The standard InChI is InChI=1S/C4H6FI2/c1-3(2-5)4(6)7/h4H,2H2,1H3. The lowest BCUT2D eigenvalue weighted by atomic mass is 10.3. The molecule has 7 heavy (non-hydrogen) atoms. The van der Waals surface area contributed by atoms with Gasteiger partial charge in [0.25, 0.3) is 0 Å². The van der Waals surface area contributed by atoms with Crippen molar-refractivity contribution in [2.24, 2.45) is 0 Å². The summed E-state index contributed by atoms with van der Waals surface area (Å²) in [5.74, 6) is 0.904. The number of hydrogen-bond donors (Lipinski definition) is 0. The lowest BCUT2D eigenvalue weighted by Gasteiger charge is -2.03. The SMILES string of the molecule is C[C](CF)C(I)I. The minimum Gasteiger partial charge on any atom is -0.250 e. The van der Waals surface area contributed by atoms with E-state index in [-0.39, 0.29) is 6.67 Å². The molecule has 3 heteroatoms. The van der Waals surface area contributed by atoms with Crippen molar-refractivity contribution >= 4 is 45.2 Å². The van der Waals surface area contributed by atoms with Crippen LogP contribution in [0.3, 0.4) is 0 Å². The molecule has 0 rings (SSSR count). The lowest BCUT2D eigenvalue weighted by molar-refractivity contribution is 0.510. The molecule has 0 aliphatic rings. The molecule has 0 aromatic rings. The molecular weight excluding hydrogens is 321 g/mol. The Morgan fingerprint density at radius 2 is 2.14 bits per heavy atom. The summed E-state index contributed by atoms with van der Waals surface area (Å²) in [6.45, 7) is 1.54. The third kappa shape index (κ3) is 3.93. The Balaban J connectivity index is 3.14. The smallest absolute Gasteiger partial charge is 0.0972 e. The van der Waals surface area contributed by atoms with Gasteiger partial charge in [-0.05, 0) is 0 Å². The Morgan fingerprint density at radius 3 is 2.14 bits per heavy atom. The van der Waals surface area contributed by atoms with E-state index in [2.05, 4.69) is 45.2 Å². The van der Waals surface area contributed by atoms with Gasteiger partial charge in [0, 0.05) is 5.92 Å². The van der Waals surface area contributed by atoms with E-state index in [1.54, 1.807) is 0 Å². The maximum atomic E-state index is 11.6. The van der Waals surface area contributed by atoms with Crippen molar-refractivity contribution in [1.29, 1.82) is 0 Å². The van der Waals surface area contributed by atoms with Crippen molar-refractivity contribution in [3.05, 3.63) is 5.92 Å². The Bertz CT molecular complexity index is 47.0. The molecule has 43 valence electrons. The van der Waals surface area contributed by atoms with Crippen LogP contribution in [0.2, 0.25) is 0 Å². The molecular formula is C4H6FI2. The van der Waals surface area contributed by atoms with Crippen LogP contribution in [0.1, 0.15) is 6.92 Å². The zero-order valence-corrected chi connectivity index (χ0v) is 8.23. The molecule has 0 amide bonds. The Labute approximate surface area is 70.5 Å². The number of hydrogen-bond acceptors (Lipinski definition) is 0. The predicted octanol–water partition coefficient (Wildman–Crippen LogP) is 2.75. The fraction of sp³-hybridized carbons (Fsp3) is 0.750. The predicted molar refractivity (Wildman–Crippen MR) is 46.7 cm³/mol. The molecule has 0 nitrogen and oxygen atoms in total. The van der Waals surface area contributed by atoms with Crippen LogP contribution < -0.4 is 0 Å². The second kappa shape index (κ2) is 4.29. The molecule has 0 unspecified atom stereocenters. The van der Waals surface area contributed by atoms with Crippen molar-refractivity contribution in [3.63, 3.8) is 0 Å². The van der Waals surface area contributed by atoms with Crippen molar-refractivity contribution in [2.75, 3.05) is 6.67 Å². The maximum Gasteiger partial charge on any atom is 0.0972 e. The van der Waals surface area contributed by atoms with Gasteiger partial charge in [-0.2, -0.15) is 0 Å². The van der Waals surface area contributed by atoms with Gasteiger partial charge in [-0.25, -0.2) is 0 Å². The van der Waals surface area contributed by atoms with Gasteiger partial charge in [0.15, 0.2) is 0 Å². The summed E-state index contributed by atoms with van der Waals surface area (Å²) in [4.78, 5) is 0. The molecule has 0 aliphatic carbocycles. The zero-order chi connectivity index (χ0) is 5.86. The van der Waals surface area contributed by atoms with Crippen LogP contribution in [-0.4, -0.2) is 8.61 Å². The van der Waals surface area contributed by atoms with E-state index in [4.69, 9.17) is 0 Å². The van der Waals surface area contributed by atoms with Crippen LogP contribution in [0.25, 0.3) is 0 Å². The summed E-state index contributed by atoms with van der Waals surface area (Å²) < 4.78 is 11.9. The summed E-state index contributed by atoms with van der Waals surface area (Å²) in [6.07, 6.45) is 0.